The molecule has 0 aromatic heterocycles. The highest BCUT2D eigenvalue weighted by molar-refractivity contribution is 5.73. The number of nitro benzene ring substituents is 1. The van der Waals surface area contributed by atoms with E-state index in [1.54, 1.807) is 0 Å². The number of nitrogens with two attached hydrogens (primary N) is 1. The molecule has 0 spiro atoms. The van der Waals surface area contributed by atoms with Gasteiger partial charge in [-0.25, -0.2) is 9.59 Å². The topological polar surface area (TPSA) is 142 Å². The minimum absolute atomic E-state index is 0.0538. The number of alkyl halides is 3. The summed E-state index contributed by atoms with van der Waals surface area (Å²) < 4.78 is 42.7. The third kappa shape index (κ3) is 5.43. The van der Waals surface area contributed by atoms with Gasteiger partial charge in [0.1, 0.15) is 11.4 Å². The van der Waals surface area contributed by atoms with Crippen LogP contribution in [0.4, 0.5) is 23.7 Å². The van der Waals surface area contributed by atoms with Crippen LogP contribution in [0.15, 0.2) is 24.3 Å². The summed E-state index contributed by atoms with van der Waals surface area (Å²) in [5.41, 5.74) is 5.72. The summed E-state index contributed by atoms with van der Waals surface area (Å²) in [5, 5.41) is 17.8. The van der Waals surface area contributed by atoms with Crippen molar-refractivity contribution in [1.82, 2.24) is 0 Å². The number of benzene rings is 1. The Hall–Kier alpha value is -2.89. The molecule has 4 fully saturated rings. The van der Waals surface area contributed by atoms with Crippen LogP contribution in [0.5, 0.6) is 5.75 Å². The predicted molar refractivity (Wildman–Crippen MR) is 98.2 cm³/mol. The maximum absolute atomic E-state index is 12.2. The molecule has 0 heterocycles. The Bertz CT molecular complexity index is 858. The van der Waals surface area contributed by atoms with Crippen molar-refractivity contribution >= 4 is 17.8 Å². The Balaban J connectivity index is 0.000000339. The second-order valence-corrected chi connectivity index (χ2v) is 8.51. The zero-order chi connectivity index (χ0) is 23.0. The van der Waals surface area contributed by atoms with E-state index < -0.39 is 28.8 Å². The highest BCUT2D eigenvalue weighted by atomic mass is 19.4. The van der Waals surface area contributed by atoms with Crippen molar-refractivity contribution in [3.8, 4) is 5.75 Å². The van der Waals surface area contributed by atoms with E-state index in [9.17, 15) is 28.1 Å². The van der Waals surface area contributed by atoms with Crippen LogP contribution in [-0.2, 0) is 9.53 Å². The van der Waals surface area contributed by atoms with E-state index in [4.69, 9.17) is 25.1 Å². The van der Waals surface area contributed by atoms with Gasteiger partial charge in [-0.15, -0.1) is 0 Å². The number of non-ortho nitro benzene ring substituents is 1. The summed E-state index contributed by atoms with van der Waals surface area (Å²) in [6.45, 7) is 0. The molecule has 4 aliphatic carbocycles. The summed E-state index contributed by atoms with van der Waals surface area (Å²) in [6, 6.07) is 5.37. The molecule has 0 radical (unpaired) electrons. The molecule has 1 aromatic rings. The minimum Gasteiger partial charge on any atom is -0.475 e. The van der Waals surface area contributed by atoms with E-state index in [2.05, 4.69) is 0 Å². The van der Waals surface area contributed by atoms with Gasteiger partial charge in [-0.1, -0.05) is 0 Å². The number of hydrogen-bond donors (Lipinski definition) is 2. The highest BCUT2D eigenvalue weighted by Crippen LogP contribution is 2.58. The summed E-state index contributed by atoms with van der Waals surface area (Å²) >= 11 is 0. The van der Waals surface area contributed by atoms with E-state index in [1.165, 1.54) is 30.7 Å². The van der Waals surface area contributed by atoms with Crippen LogP contribution in [0, 0.1) is 22.0 Å². The third-order valence-corrected chi connectivity index (χ3v) is 5.84. The molecule has 3 N–H and O–H groups in total. The molecule has 4 aliphatic rings. The van der Waals surface area contributed by atoms with E-state index in [0.29, 0.717) is 18.3 Å². The van der Waals surface area contributed by atoms with Gasteiger partial charge in [-0.05, 0) is 56.1 Å². The highest BCUT2D eigenvalue weighted by Gasteiger charge is 2.58. The lowest BCUT2D eigenvalue weighted by atomic mass is 9.51. The number of carbonyl (C=O) groups excluding carboxylic acids is 1. The zero-order valence-corrected chi connectivity index (χ0v) is 16.3. The molecular weight excluding hydrogens is 425 g/mol. The van der Waals surface area contributed by atoms with Crippen molar-refractivity contribution in [1.29, 1.82) is 0 Å². The number of rotatable bonds is 3. The fraction of sp³-hybridized carbons (Fsp3) is 0.579. The molecule has 4 bridgehead atoms. The van der Waals surface area contributed by atoms with Crippen molar-refractivity contribution in [3.05, 3.63) is 34.4 Å². The van der Waals surface area contributed by atoms with Gasteiger partial charge in [-0.2, -0.15) is 13.2 Å². The molecule has 9 nitrogen and oxygen atoms in total. The molecule has 31 heavy (non-hydrogen) atoms. The SMILES string of the molecule is NC12CC3CC(C1)CC(OC(=O)Oc1ccc([N+](=O)[O-])cc1)(C3)C2.O=C(O)C(F)(F)F. The van der Waals surface area contributed by atoms with Crippen LogP contribution in [0.1, 0.15) is 38.5 Å². The first-order valence-electron chi connectivity index (χ1n) is 9.53. The molecule has 2 unspecified atom stereocenters. The second-order valence-electron chi connectivity index (χ2n) is 8.51. The first-order valence-corrected chi connectivity index (χ1v) is 9.53. The van der Waals surface area contributed by atoms with Crippen molar-refractivity contribution < 1.29 is 42.3 Å². The van der Waals surface area contributed by atoms with E-state index in [-0.39, 0.29) is 17.0 Å². The van der Waals surface area contributed by atoms with Crippen molar-refractivity contribution in [2.45, 2.75) is 55.8 Å². The van der Waals surface area contributed by atoms with Gasteiger partial charge in [-0.3, -0.25) is 10.1 Å². The van der Waals surface area contributed by atoms with Gasteiger partial charge in [0.05, 0.1) is 4.92 Å². The number of carbonyl (C=O) groups is 2. The maximum Gasteiger partial charge on any atom is 0.514 e. The lowest BCUT2D eigenvalue weighted by Gasteiger charge is -2.59. The average molecular weight is 446 g/mol. The van der Waals surface area contributed by atoms with Crippen LogP contribution in [0.2, 0.25) is 0 Å². The molecule has 0 saturated heterocycles. The lowest BCUT2D eigenvalue weighted by molar-refractivity contribution is -0.384. The lowest BCUT2D eigenvalue weighted by Crippen LogP contribution is -2.64. The van der Waals surface area contributed by atoms with Crippen LogP contribution < -0.4 is 10.5 Å². The number of nitro groups is 1. The van der Waals surface area contributed by atoms with E-state index in [0.717, 1.165) is 25.7 Å². The van der Waals surface area contributed by atoms with Crippen molar-refractivity contribution in [2.24, 2.45) is 17.6 Å². The van der Waals surface area contributed by atoms with E-state index >= 15 is 0 Å². The van der Waals surface area contributed by atoms with Gasteiger partial charge in [0.15, 0.2) is 0 Å². The monoisotopic (exact) mass is 446 g/mol. The number of halogens is 3. The molecule has 12 heteroatoms. The normalized spacial score (nSPS) is 30.7. The number of carboxylic acids is 1. The molecule has 170 valence electrons. The summed E-state index contributed by atoms with van der Waals surface area (Å²) in [7, 11) is 0. The molecule has 1 aromatic carbocycles. The molecule has 2 atom stereocenters. The fourth-order valence-corrected chi connectivity index (χ4v) is 5.30. The third-order valence-electron chi connectivity index (χ3n) is 5.84. The molecule has 4 saturated carbocycles. The number of aliphatic carboxylic acids is 1. The Morgan fingerprint density at radius 1 is 1.13 bits per heavy atom. The van der Waals surface area contributed by atoms with Gasteiger partial charge >= 0.3 is 18.3 Å². The number of nitrogens with zero attached hydrogens (tertiary/aromatic N) is 1. The Kier molecular flexibility index (Phi) is 5.87. The van der Waals surface area contributed by atoms with Crippen LogP contribution in [-0.4, -0.2) is 39.5 Å². The Morgan fingerprint density at radius 2 is 1.65 bits per heavy atom. The molecular formula is C19H21F3N2O7. The number of carboxylic acid groups (broad SMARTS) is 1. The van der Waals surface area contributed by atoms with E-state index in [1.807, 2.05) is 0 Å². The maximum atomic E-state index is 12.2. The van der Waals surface area contributed by atoms with Crippen molar-refractivity contribution in [3.63, 3.8) is 0 Å². The Labute approximate surface area is 174 Å². The first kappa shape index (κ1) is 22.8. The standard InChI is InChI=1S/C17H20N2O5.C2HF3O2/c18-16-6-11-5-12(7-16)9-17(8-11,10-16)24-15(20)23-14-3-1-13(2-4-14)19(21)22;3-2(4,5)1(6)7/h1-4,11-12H,5-10,18H2;(H,6,7). The Morgan fingerprint density at radius 3 is 2.06 bits per heavy atom. The number of ether oxygens (including phenoxy) is 2. The largest absolute Gasteiger partial charge is 0.514 e. The molecule has 5 rings (SSSR count). The van der Waals surface area contributed by atoms with Gasteiger partial charge in [0, 0.05) is 24.1 Å². The zero-order valence-electron chi connectivity index (χ0n) is 16.3. The van der Waals surface area contributed by atoms with Crippen LogP contribution in [0.25, 0.3) is 0 Å². The van der Waals surface area contributed by atoms with Gasteiger partial charge < -0.3 is 20.3 Å². The number of hydrogen-bond acceptors (Lipinski definition) is 7. The van der Waals surface area contributed by atoms with Crippen LogP contribution >= 0.6 is 0 Å². The van der Waals surface area contributed by atoms with Crippen molar-refractivity contribution in [2.75, 3.05) is 0 Å². The second kappa shape index (κ2) is 7.98. The average Bonchev–Trinajstić information content (AvgIpc) is 2.59. The smallest absolute Gasteiger partial charge is 0.475 e. The quantitative estimate of drug-likeness (QED) is 0.309. The van der Waals surface area contributed by atoms with Gasteiger partial charge in [0.25, 0.3) is 5.69 Å². The summed E-state index contributed by atoms with van der Waals surface area (Å²) in [6.07, 6.45) is -0.202. The summed E-state index contributed by atoms with van der Waals surface area (Å²) in [4.78, 5) is 31.2. The fourth-order valence-electron chi connectivity index (χ4n) is 5.30. The molecule has 0 aliphatic heterocycles. The minimum atomic E-state index is -5.08. The summed E-state index contributed by atoms with van der Waals surface area (Å²) in [5.74, 6) is -1.46. The van der Waals surface area contributed by atoms with Crippen LogP contribution in [0.3, 0.4) is 0 Å². The predicted octanol–water partition coefficient (Wildman–Crippen LogP) is 3.79. The van der Waals surface area contributed by atoms with Gasteiger partial charge in [0.2, 0.25) is 0 Å². The molecule has 0 amide bonds. The first-order chi connectivity index (χ1) is 14.3.